The van der Waals surface area contributed by atoms with E-state index in [2.05, 4.69) is 4.90 Å². The highest BCUT2D eigenvalue weighted by Gasteiger charge is 2.26. The van der Waals surface area contributed by atoms with Gasteiger partial charge in [-0.15, -0.1) is 0 Å². The molecule has 1 aromatic rings. The molecule has 0 aliphatic carbocycles. The standard InChI is InChI=1S/C13H18FN3O/c14-12-2-1-9(6-15)11(5-12)8-17-4-3-10(7-17)13(16)18/h1-2,5,10H,3-4,6-8,15H2,(H2,16,18). The first-order valence-electron chi connectivity index (χ1n) is 6.09. The van der Waals surface area contributed by atoms with Crippen LogP contribution in [0.25, 0.3) is 0 Å². The minimum atomic E-state index is -0.257. The second-order valence-corrected chi connectivity index (χ2v) is 4.74. The molecular weight excluding hydrogens is 233 g/mol. The quantitative estimate of drug-likeness (QED) is 0.822. The molecule has 5 heteroatoms. The van der Waals surface area contributed by atoms with Gasteiger partial charge in [-0.05, 0) is 36.2 Å². The largest absolute Gasteiger partial charge is 0.369 e. The molecule has 1 atom stereocenters. The average Bonchev–Trinajstić information content (AvgIpc) is 2.78. The first-order valence-corrected chi connectivity index (χ1v) is 6.09. The predicted octanol–water partition coefficient (Wildman–Crippen LogP) is 0.592. The minimum absolute atomic E-state index is 0.0834. The number of halogens is 1. The molecule has 4 nitrogen and oxygen atoms in total. The fraction of sp³-hybridized carbons (Fsp3) is 0.462. The Morgan fingerprint density at radius 1 is 1.44 bits per heavy atom. The zero-order chi connectivity index (χ0) is 13.1. The maximum atomic E-state index is 13.2. The van der Waals surface area contributed by atoms with Crippen LogP contribution in [0, 0.1) is 11.7 Å². The smallest absolute Gasteiger partial charge is 0.221 e. The number of likely N-dealkylation sites (tertiary alicyclic amines) is 1. The van der Waals surface area contributed by atoms with Crippen LogP contribution in [-0.4, -0.2) is 23.9 Å². The number of carbonyl (C=O) groups is 1. The van der Waals surface area contributed by atoms with Crippen molar-refractivity contribution in [3.05, 3.63) is 35.1 Å². The van der Waals surface area contributed by atoms with Crippen molar-refractivity contribution in [3.63, 3.8) is 0 Å². The predicted molar refractivity (Wildman–Crippen MR) is 66.9 cm³/mol. The Hall–Kier alpha value is -1.46. The Bertz CT molecular complexity index is 450. The minimum Gasteiger partial charge on any atom is -0.369 e. The summed E-state index contributed by atoms with van der Waals surface area (Å²) in [5, 5.41) is 0. The number of hydrogen-bond donors (Lipinski definition) is 2. The second-order valence-electron chi connectivity index (χ2n) is 4.74. The van der Waals surface area contributed by atoms with Crippen LogP contribution in [0.5, 0.6) is 0 Å². The normalized spacial score (nSPS) is 20.2. The number of carbonyl (C=O) groups excluding carboxylic acids is 1. The topological polar surface area (TPSA) is 72.3 Å². The van der Waals surface area contributed by atoms with Gasteiger partial charge >= 0.3 is 0 Å². The number of nitrogens with zero attached hydrogens (tertiary/aromatic N) is 1. The van der Waals surface area contributed by atoms with Crippen molar-refractivity contribution >= 4 is 5.91 Å². The van der Waals surface area contributed by atoms with Crippen LogP contribution in [0.1, 0.15) is 17.5 Å². The summed E-state index contributed by atoms with van der Waals surface area (Å²) < 4.78 is 13.2. The van der Waals surface area contributed by atoms with Crippen molar-refractivity contribution in [2.45, 2.75) is 19.5 Å². The highest BCUT2D eigenvalue weighted by molar-refractivity contribution is 5.77. The Balaban J connectivity index is 2.06. The van der Waals surface area contributed by atoms with Gasteiger partial charge in [-0.3, -0.25) is 9.69 Å². The van der Waals surface area contributed by atoms with E-state index in [4.69, 9.17) is 11.5 Å². The lowest BCUT2D eigenvalue weighted by atomic mass is 10.1. The van der Waals surface area contributed by atoms with Crippen LogP contribution in [0.3, 0.4) is 0 Å². The summed E-state index contributed by atoms with van der Waals surface area (Å²) in [7, 11) is 0. The summed E-state index contributed by atoms with van der Waals surface area (Å²) in [6.07, 6.45) is 0.780. The summed E-state index contributed by atoms with van der Waals surface area (Å²) in [6.45, 7) is 2.47. The molecule has 18 heavy (non-hydrogen) atoms. The van der Waals surface area contributed by atoms with E-state index in [1.807, 2.05) is 0 Å². The molecule has 1 heterocycles. The maximum absolute atomic E-state index is 13.2. The number of nitrogens with two attached hydrogens (primary N) is 2. The van der Waals surface area contributed by atoms with E-state index in [9.17, 15) is 9.18 Å². The summed E-state index contributed by atoms with van der Waals surface area (Å²) in [6, 6.07) is 4.65. The van der Waals surface area contributed by atoms with E-state index in [0.29, 0.717) is 19.6 Å². The Morgan fingerprint density at radius 2 is 2.22 bits per heavy atom. The van der Waals surface area contributed by atoms with E-state index < -0.39 is 0 Å². The third-order valence-electron chi connectivity index (χ3n) is 3.46. The third kappa shape index (κ3) is 2.86. The van der Waals surface area contributed by atoms with Crippen LogP contribution in [0.4, 0.5) is 4.39 Å². The molecule has 1 aliphatic heterocycles. The van der Waals surface area contributed by atoms with Crippen molar-refractivity contribution in [2.75, 3.05) is 13.1 Å². The van der Waals surface area contributed by atoms with Crippen LogP contribution in [-0.2, 0) is 17.9 Å². The fourth-order valence-corrected chi connectivity index (χ4v) is 2.39. The molecule has 1 aliphatic rings. The second kappa shape index (κ2) is 5.46. The summed E-state index contributed by atoms with van der Waals surface area (Å²) in [5.41, 5.74) is 12.8. The Morgan fingerprint density at radius 3 is 2.83 bits per heavy atom. The third-order valence-corrected chi connectivity index (χ3v) is 3.46. The molecule has 1 saturated heterocycles. The molecule has 2 rings (SSSR count). The molecule has 0 saturated carbocycles. The van der Waals surface area contributed by atoms with Crippen molar-refractivity contribution in [1.29, 1.82) is 0 Å². The van der Waals surface area contributed by atoms with Gasteiger partial charge in [0, 0.05) is 19.6 Å². The molecule has 1 amide bonds. The molecule has 1 aromatic carbocycles. The van der Waals surface area contributed by atoms with Crippen LogP contribution in [0.2, 0.25) is 0 Å². The van der Waals surface area contributed by atoms with Gasteiger partial charge < -0.3 is 11.5 Å². The van der Waals surface area contributed by atoms with Crippen LogP contribution < -0.4 is 11.5 Å². The van der Waals surface area contributed by atoms with Gasteiger partial charge in [0.2, 0.25) is 5.91 Å². The fourth-order valence-electron chi connectivity index (χ4n) is 2.39. The summed E-state index contributed by atoms with van der Waals surface area (Å²) in [4.78, 5) is 13.2. The van der Waals surface area contributed by atoms with Crippen molar-refractivity contribution in [2.24, 2.45) is 17.4 Å². The van der Waals surface area contributed by atoms with Gasteiger partial charge in [0.25, 0.3) is 0 Å². The van der Waals surface area contributed by atoms with E-state index >= 15 is 0 Å². The SMILES string of the molecule is NCc1ccc(F)cc1CN1CCC(C(N)=O)C1. The van der Waals surface area contributed by atoms with Gasteiger partial charge in [0.05, 0.1) is 5.92 Å². The molecule has 0 aromatic heterocycles. The van der Waals surface area contributed by atoms with E-state index in [-0.39, 0.29) is 17.6 Å². The molecule has 0 bridgehead atoms. The number of amides is 1. The lowest BCUT2D eigenvalue weighted by Gasteiger charge is -2.17. The van der Waals surface area contributed by atoms with Gasteiger partial charge in [-0.2, -0.15) is 0 Å². The highest BCUT2D eigenvalue weighted by Crippen LogP contribution is 2.20. The molecular formula is C13H18FN3O. The Labute approximate surface area is 106 Å². The molecule has 1 fully saturated rings. The molecule has 0 radical (unpaired) electrons. The van der Waals surface area contributed by atoms with E-state index in [0.717, 1.165) is 24.1 Å². The molecule has 98 valence electrons. The average molecular weight is 251 g/mol. The maximum Gasteiger partial charge on any atom is 0.221 e. The van der Waals surface area contributed by atoms with Crippen molar-refractivity contribution < 1.29 is 9.18 Å². The molecule has 1 unspecified atom stereocenters. The highest BCUT2D eigenvalue weighted by atomic mass is 19.1. The Kier molecular flexibility index (Phi) is 3.93. The number of primary amides is 1. The zero-order valence-corrected chi connectivity index (χ0v) is 10.2. The first-order chi connectivity index (χ1) is 8.60. The van der Waals surface area contributed by atoms with Gasteiger partial charge in [-0.25, -0.2) is 4.39 Å². The van der Waals surface area contributed by atoms with Crippen molar-refractivity contribution in [3.8, 4) is 0 Å². The van der Waals surface area contributed by atoms with E-state index in [1.54, 1.807) is 6.07 Å². The van der Waals surface area contributed by atoms with Crippen molar-refractivity contribution in [1.82, 2.24) is 4.90 Å². The lowest BCUT2D eigenvalue weighted by Crippen LogP contribution is -2.27. The number of benzene rings is 1. The van der Waals surface area contributed by atoms with Crippen LogP contribution in [0.15, 0.2) is 18.2 Å². The number of rotatable bonds is 4. The monoisotopic (exact) mass is 251 g/mol. The molecule has 0 spiro atoms. The molecule has 4 N–H and O–H groups in total. The summed E-state index contributed by atoms with van der Waals surface area (Å²) in [5.74, 6) is -0.594. The first kappa shape index (κ1) is 13.0. The lowest BCUT2D eigenvalue weighted by molar-refractivity contribution is -0.121. The summed E-state index contributed by atoms with van der Waals surface area (Å²) >= 11 is 0. The van der Waals surface area contributed by atoms with Gasteiger partial charge in [0.15, 0.2) is 0 Å². The van der Waals surface area contributed by atoms with E-state index in [1.165, 1.54) is 12.1 Å². The van der Waals surface area contributed by atoms with Gasteiger partial charge in [0.1, 0.15) is 5.82 Å². The van der Waals surface area contributed by atoms with Gasteiger partial charge in [-0.1, -0.05) is 6.07 Å². The van der Waals surface area contributed by atoms with Crippen LogP contribution >= 0.6 is 0 Å². The number of hydrogen-bond acceptors (Lipinski definition) is 3. The zero-order valence-electron chi connectivity index (χ0n) is 10.2.